The number of ether oxygens (including phenoxy) is 2. The summed E-state index contributed by atoms with van der Waals surface area (Å²) >= 11 is 5.96. The molecule has 1 heterocycles. The van der Waals surface area contributed by atoms with Crippen molar-refractivity contribution in [1.29, 1.82) is 0 Å². The number of benzene rings is 1. The third-order valence-corrected chi connectivity index (χ3v) is 2.98. The summed E-state index contributed by atoms with van der Waals surface area (Å²) in [5.74, 6) is -0.734. The van der Waals surface area contributed by atoms with Crippen LogP contribution in [-0.2, 0) is 4.79 Å². The van der Waals surface area contributed by atoms with Crippen LogP contribution in [-0.4, -0.2) is 29.4 Å². The van der Waals surface area contributed by atoms with Crippen LogP contribution in [0.1, 0.15) is 17.2 Å². The fourth-order valence-corrected chi connectivity index (χ4v) is 1.93. The number of aliphatic carboxylic acids is 1. The summed E-state index contributed by atoms with van der Waals surface area (Å²) in [7, 11) is 0. The second-order valence-electron chi connectivity index (χ2n) is 3.66. The average molecular weight is 259 g/mol. The molecule has 0 aliphatic carbocycles. The molecule has 0 amide bonds. The first-order chi connectivity index (χ1) is 8.02. The largest absolute Gasteiger partial charge is 0.486 e. The third kappa shape index (κ3) is 2.03. The Labute approximate surface area is 103 Å². The van der Waals surface area contributed by atoms with Crippen molar-refractivity contribution in [2.45, 2.75) is 13.0 Å². The second kappa shape index (κ2) is 4.43. The molecule has 92 valence electrons. The van der Waals surface area contributed by atoms with Crippen molar-refractivity contribution < 1.29 is 24.5 Å². The molecule has 2 N–H and O–H groups in total. The van der Waals surface area contributed by atoms with E-state index in [1.165, 1.54) is 0 Å². The highest BCUT2D eigenvalue weighted by Crippen LogP contribution is 2.42. The fraction of sp³-hybridized carbons (Fsp3) is 0.364. The normalized spacial score (nSPS) is 15.5. The zero-order valence-electron chi connectivity index (χ0n) is 9.07. The highest BCUT2D eigenvalue weighted by atomic mass is 35.5. The number of carbonyl (C=O) groups is 1. The smallest absolute Gasteiger partial charge is 0.337 e. The van der Waals surface area contributed by atoms with E-state index >= 15 is 0 Å². The van der Waals surface area contributed by atoms with Gasteiger partial charge in [-0.25, -0.2) is 4.79 Å². The summed E-state index contributed by atoms with van der Waals surface area (Å²) in [6.07, 6.45) is -1.68. The van der Waals surface area contributed by atoms with Crippen molar-refractivity contribution in [3.8, 4) is 11.5 Å². The van der Waals surface area contributed by atoms with Gasteiger partial charge in [0.1, 0.15) is 13.2 Å². The van der Waals surface area contributed by atoms with Gasteiger partial charge in [-0.15, -0.1) is 0 Å². The Kier molecular flexibility index (Phi) is 3.13. The number of carboxylic acid groups (broad SMARTS) is 1. The predicted octanol–water partition coefficient (Wildman–Crippen LogP) is 1.54. The molecule has 1 unspecified atom stereocenters. The van der Waals surface area contributed by atoms with Crippen molar-refractivity contribution in [3.05, 3.63) is 22.2 Å². The van der Waals surface area contributed by atoms with Crippen molar-refractivity contribution in [2.24, 2.45) is 0 Å². The van der Waals surface area contributed by atoms with E-state index in [1.54, 1.807) is 13.0 Å². The Morgan fingerprint density at radius 1 is 1.47 bits per heavy atom. The van der Waals surface area contributed by atoms with E-state index in [0.29, 0.717) is 29.5 Å². The number of rotatable bonds is 2. The summed E-state index contributed by atoms with van der Waals surface area (Å²) in [4.78, 5) is 10.9. The van der Waals surface area contributed by atoms with Gasteiger partial charge in [0, 0.05) is 16.7 Å². The standard InChI is InChI=1S/C11H11ClO5/c1-5-6(12)4-7-10(17-3-2-16-7)8(5)9(13)11(14)15/h4,9,13H,2-3H2,1H3,(H,14,15). The minimum Gasteiger partial charge on any atom is -0.486 e. The van der Waals surface area contributed by atoms with E-state index in [1.807, 2.05) is 0 Å². The van der Waals surface area contributed by atoms with Gasteiger partial charge < -0.3 is 19.7 Å². The van der Waals surface area contributed by atoms with Gasteiger partial charge in [0.2, 0.25) is 0 Å². The second-order valence-corrected chi connectivity index (χ2v) is 4.07. The minimum atomic E-state index is -1.68. The first-order valence-corrected chi connectivity index (χ1v) is 5.39. The SMILES string of the molecule is Cc1c(Cl)cc2c(c1C(O)C(=O)O)OCCO2. The van der Waals surface area contributed by atoms with Crippen LogP contribution >= 0.6 is 11.6 Å². The molecule has 1 aliphatic heterocycles. The number of hydrogen-bond donors (Lipinski definition) is 2. The van der Waals surface area contributed by atoms with Crippen LogP contribution in [0.2, 0.25) is 5.02 Å². The molecular formula is C11H11ClO5. The predicted molar refractivity (Wildman–Crippen MR) is 59.8 cm³/mol. The van der Waals surface area contributed by atoms with Crippen molar-refractivity contribution in [1.82, 2.24) is 0 Å². The summed E-state index contributed by atoms with van der Waals surface area (Å²) in [6.45, 7) is 2.31. The highest BCUT2D eigenvalue weighted by Gasteiger charge is 2.28. The Bertz CT molecular complexity index is 471. The molecule has 1 aromatic rings. The van der Waals surface area contributed by atoms with Crippen LogP contribution < -0.4 is 9.47 Å². The van der Waals surface area contributed by atoms with Gasteiger partial charge >= 0.3 is 5.97 Å². The van der Waals surface area contributed by atoms with Crippen molar-refractivity contribution in [2.75, 3.05) is 13.2 Å². The van der Waals surface area contributed by atoms with Gasteiger partial charge in [-0.1, -0.05) is 11.6 Å². The lowest BCUT2D eigenvalue weighted by Gasteiger charge is -2.24. The molecule has 0 aromatic heterocycles. The van der Waals surface area contributed by atoms with Crippen LogP contribution in [0.15, 0.2) is 6.07 Å². The van der Waals surface area contributed by atoms with E-state index in [2.05, 4.69) is 0 Å². The third-order valence-electron chi connectivity index (χ3n) is 2.58. The molecule has 1 atom stereocenters. The Morgan fingerprint density at radius 2 is 2.12 bits per heavy atom. The summed E-state index contributed by atoms with van der Waals surface area (Å²) in [6, 6.07) is 1.56. The number of carboxylic acids is 1. The Balaban J connectivity index is 2.62. The maximum atomic E-state index is 10.9. The molecule has 0 spiro atoms. The molecule has 0 bridgehead atoms. The van der Waals surface area contributed by atoms with Gasteiger partial charge in [-0.2, -0.15) is 0 Å². The van der Waals surface area contributed by atoms with Gasteiger partial charge in [-0.3, -0.25) is 0 Å². The lowest BCUT2D eigenvalue weighted by atomic mass is 10.0. The van der Waals surface area contributed by atoms with Gasteiger partial charge in [0.25, 0.3) is 0 Å². The van der Waals surface area contributed by atoms with Crippen molar-refractivity contribution >= 4 is 17.6 Å². The molecule has 17 heavy (non-hydrogen) atoms. The Hall–Kier alpha value is -1.46. The molecule has 5 nitrogen and oxygen atoms in total. The molecule has 0 radical (unpaired) electrons. The topological polar surface area (TPSA) is 76.0 Å². The molecule has 0 saturated carbocycles. The lowest BCUT2D eigenvalue weighted by molar-refractivity contribution is -0.147. The van der Waals surface area contributed by atoms with Crippen LogP contribution in [0.4, 0.5) is 0 Å². The number of aliphatic hydroxyl groups excluding tert-OH is 1. The van der Waals surface area contributed by atoms with Crippen LogP contribution in [0.3, 0.4) is 0 Å². The number of fused-ring (bicyclic) bond motifs is 1. The first kappa shape index (κ1) is 12.0. The van der Waals surface area contributed by atoms with E-state index in [-0.39, 0.29) is 11.3 Å². The number of hydrogen-bond acceptors (Lipinski definition) is 4. The maximum Gasteiger partial charge on any atom is 0.337 e. The molecule has 1 aromatic carbocycles. The summed E-state index contributed by atoms with van der Waals surface area (Å²) < 4.78 is 10.7. The lowest BCUT2D eigenvalue weighted by Crippen LogP contribution is -2.20. The minimum absolute atomic E-state index is 0.153. The molecule has 0 fully saturated rings. The zero-order valence-corrected chi connectivity index (χ0v) is 9.82. The number of aliphatic hydroxyl groups is 1. The van der Waals surface area contributed by atoms with E-state index in [9.17, 15) is 9.90 Å². The van der Waals surface area contributed by atoms with E-state index in [4.69, 9.17) is 26.2 Å². The highest BCUT2D eigenvalue weighted by molar-refractivity contribution is 6.31. The Morgan fingerprint density at radius 3 is 2.76 bits per heavy atom. The quantitative estimate of drug-likeness (QED) is 0.841. The van der Waals surface area contributed by atoms with E-state index in [0.717, 1.165) is 0 Å². The monoisotopic (exact) mass is 258 g/mol. The summed E-state index contributed by atoms with van der Waals surface area (Å²) in [5.41, 5.74) is 0.630. The molecule has 6 heteroatoms. The summed E-state index contributed by atoms with van der Waals surface area (Å²) in [5, 5.41) is 18.9. The molecule has 0 saturated heterocycles. The molecular weight excluding hydrogens is 248 g/mol. The van der Waals surface area contributed by atoms with Crippen LogP contribution in [0, 0.1) is 6.92 Å². The van der Waals surface area contributed by atoms with Gasteiger partial charge in [0.15, 0.2) is 17.6 Å². The first-order valence-electron chi connectivity index (χ1n) is 5.02. The van der Waals surface area contributed by atoms with Crippen LogP contribution in [0.25, 0.3) is 0 Å². The van der Waals surface area contributed by atoms with Gasteiger partial charge in [-0.05, 0) is 12.5 Å². The molecule has 1 aliphatic rings. The van der Waals surface area contributed by atoms with Crippen LogP contribution in [0.5, 0.6) is 11.5 Å². The van der Waals surface area contributed by atoms with Crippen molar-refractivity contribution in [3.63, 3.8) is 0 Å². The van der Waals surface area contributed by atoms with Gasteiger partial charge in [0.05, 0.1) is 0 Å². The van der Waals surface area contributed by atoms with E-state index < -0.39 is 12.1 Å². The average Bonchev–Trinajstić information content (AvgIpc) is 2.30. The fourth-order valence-electron chi connectivity index (χ4n) is 1.72. The maximum absolute atomic E-state index is 10.9. The molecule has 2 rings (SSSR count). The number of halogens is 1. The zero-order chi connectivity index (χ0) is 12.6.